The van der Waals surface area contributed by atoms with Crippen molar-refractivity contribution >= 4 is 5.84 Å². The Bertz CT molecular complexity index is 400. The van der Waals surface area contributed by atoms with Crippen LogP contribution in [-0.2, 0) is 0 Å². The van der Waals surface area contributed by atoms with Crippen molar-refractivity contribution in [2.45, 2.75) is 12.2 Å². The van der Waals surface area contributed by atoms with Crippen LogP contribution in [-0.4, -0.2) is 23.7 Å². The summed E-state index contributed by atoms with van der Waals surface area (Å²) in [6.07, 6.45) is -4.46. The first-order valence-electron chi connectivity index (χ1n) is 4.72. The Morgan fingerprint density at radius 2 is 1.88 bits per heavy atom. The minimum absolute atomic E-state index is 0.00326. The zero-order chi connectivity index (χ0) is 11.8. The van der Waals surface area contributed by atoms with Crippen LogP contribution in [0.4, 0.5) is 13.2 Å². The van der Waals surface area contributed by atoms with Gasteiger partial charge in [0.2, 0.25) is 0 Å². The maximum atomic E-state index is 12.4. The quantitative estimate of drug-likeness (QED) is 0.747. The van der Waals surface area contributed by atoms with Crippen LogP contribution in [0.3, 0.4) is 0 Å². The second kappa shape index (κ2) is 3.70. The highest BCUT2D eigenvalue weighted by Crippen LogP contribution is 2.30. The van der Waals surface area contributed by atoms with Crippen LogP contribution < -0.4 is 5.73 Å². The van der Waals surface area contributed by atoms with Gasteiger partial charge in [-0.3, -0.25) is 0 Å². The van der Waals surface area contributed by atoms with E-state index in [0.29, 0.717) is 0 Å². The molecular formula is C10H10F3N3. The predicted molar refractivity (Wildman–Crippen MR) is 53.6 cm³/mol. The maximum absolute atomic E-state index is 12.4. The molecule has 0 aromatic heterocycles. The monoisotopic (exact) mass is 229 g/mol. The Kier molecular flexibility index (Phi) is 2.49. The summed E-state index contributed by atoms with van der Waals surface area (Å²) in [7, 11) is 0. The van der Waals surface area contributed by atoms with Gasteiger partial charge in [-0.1, -0.05) is 30.3 Å². The molecule has 0 saturated carbocycles. The lowest BCUT2D eigenvalue weighted by Crippen LogP contribution is -2.32. The summed E-state index contributed by atoms with van der Waals surface area (Å²) in [5, 5.41) is 3.39. The molecule has 0 amide bonds. The fourth-order valence-electron chi connectivity index (χ4n) is 1.64. The third kappa shape index (κ3) is 1.95. The molecule has 0 radical (unpaired) electrons. The van der Waals surface area contributed by atoms with E-state index in [0.717, 1.165) is 5.56 Å². The molecule has 1 aliphatic rings. The first-order valence-corrected chi connectivity index (χ1v) is 4.72. The number of hydrazone groups is 1. The highest BCUT2D eigenvalue weighted by molar-refractivity contribution is 5.88. The van der Waals surface area contributed by atoms with E-state index in [1.54, 1.807) is 30.3 Å². The van der Waals surface area contributed by atoms with E-state index in [1.165, 1.54) is 0 Å². The predicted octanol–water partition coefficient (Wildman–Crippen LogP) is 1.88. The molecule has 86 valence electrons. The summed E-state index contributed by atoms with van der Waals surface area (Å²) in [6.45, 7) is -0.251. The van der Waals surface area contributed by atoms with E-state index in [2.05, 4.69) is 5.10 Å². The molecule has 1 aromatic rings. The average molecular weight is 229 g/mol. The van der Waals surface area contributed by atoms with E-state index >= 15 is 0 Å². The number of amidine groups is 1. The summed E-state index contributed by atoms with van der Waals surface area (Å²) in [4.78, 5) is 0. The summed E-state index contributed by atoms with van der Waals surface area (Å²) in [5.41, 5.74) is 6.25. The van der Waals surface area contributed by atoms with Crippen molar-refractivity contribution in [2.75, 3.05) is 6.54 Å². The maximum Gasteiger partial charge on any atom is 0.500 e. The highest BCUT2D eigenvalue weighted by Gasteiger charge is 2.42. The molecule has 1 atom stereocenters. The standard InChI is InChI=1S/C10H10F3N3/c11-10(12,13)16-6-8(9(14)15-16)7-4-2-1-3-5-7/h1-5,8H,6H2,(H2,14,15). The van der Waals surface area contributed by atoms with Gasteiger partial charge in [-0.2, -0.15) is 5.10 Å². The van der Waals surface area contributed by atoms with Gasteiger partial charge in [0.15, 0.2) is 0 Å². The molecule has 2 N–H and O–H groups in total. The molecule has 0 aliphatic carbocycles. The van der Waals surface area contributed by atoms with Crippen molar-refractivity contribution in [1.29, 1.82) is 0 Å². The van der Waals surface area contributed by atoms with Crippen LogP contribution in [0.5, 0.6) is 0 Å². The van der Waals surface area contributed by atoms with Gasteiger partial charge in [0, 0.05) is 0 Å². The van der Waals surface area contributed by atoms with E-state index in [-0.39, 0.29) is 17.4 Å². The second-order valence-corrected chi connectivity index (χ2v) is 3.54. The van der Waals surface area contributed by atoms with Crippen LogP contribution in [0, 0.1) is 0 Å². The van der Waals surface area contributed by atoms with E-state index < -0.39 is 12.2 Å². The SMILES string of the molecule is NC1=NN(C(F)(F)F)CC1c1ccccc1. The van der Waals surface area contributed by atoms with Gasteiger partial charge < -0.3 is 5.73 Å². The smallest absolute Gasteiger partial charge is 0.385 e. The Morgan fingerprint density at radius 1 is 1.25 bits per heavy atom. The molecule has 0 spiro atoms. The number of hydrogen-bond donors (Lipinski definition) is 1. The first-order chi connectivity index (χ1) is 7.48. The molecule has 2 rings (SSSR count). The van der Waals surface area contributed by atoms with Gasteiger partial charge in [0.25, 0.3) is 0 Å². The zero-order valence-corrected chi connectivity index (χ0v) is 8.28. The van der Waals surface area contributed by atoms with Crippen LogP contribution >= 0.6 is 0 Å². The third-order valence-electron chi connectivity index (χ3n) is 2.44. The fourth-order valence-corrected chi connectivity index (χ4v) is 1.64. The Hall–Kier alpha value is -1.72. The Morgan fingerprint density at radius 3 is 2.38 bits per heavy atom. The molecule has 1 unspecified atom stereocenters. The number of hydrogen-bond acceptors (Lipinski definition) is 3. The van der Waals surface area contributed by atoms with Crippen molar-refractivity contribution in [2.24, 2.45) is 10.8 Å². The summed E-state index contributed by atoms with van der Waals surface area (Å²) < 4.78 is 37.2. The van der Waals surface area contributed by atoms with E-state index in [9.17, 15) is 13.2 Å². The normalized spacial score (nSPS) is 21.1. The van der Waals surface area contributed by atoms with Crippen LogP contribution in [0.25, 0.3) is 0 Å². The van der Waals surface area contributed by atoms with Crippen molar-refractivity contribution in [1.82, 2.24) is 5.01 Å². The molecule has 6 heteroatoms. The number of nitrogens with zero attached hydrogens (tertiary/aromatic N) is 2. The molecule has 1 aromatic carbocycles. The first kappa shape index (κ1) is 10.8. The number of alkyl halides is 3. The van der Waals surface area contributed by atoms with E-state index in [1.807, 2.05) is 0 Å². The summed E-state index contributed by atoms with van der Waals surface area (Å²) >= 11 is 0. The molecule has 0 fully saturated rings. The van der Waals surface area contributed by atoms with Gasteiger partial charge in [0.1, 0.15) is 5.84 Å². The molecule has 1 aliphatic heterocycles. The second-order valence-electron chi connectivity index (χ2n) is 3.54. The number of halogens is 3. The Balaban J connectivity index is 2.21. The summed E-state index contributed by atoms with van der Waals surface area (Å²) in [5.74, 6) is -0.480. The van der Waals surface area contributed by atoms with E-state index in [4.69, 9.17) is 5.73 Å². The number of rotatable bonds is 1. The lowest BCUT2D eigenvalue weighted by molar-refractivity contribution is -0.243. The van der Waals surface area contributed by atoms with Crippen molar-refractivity contribution in [3.05, 3.63) is 35.9 Å². The average Bonchev–Trinajstić information content (AvgIpc) is 2.61. The number of benzene rings is 1. The molecule has 0 bridgehead atoms. The minimum atomic E-state index is -4.46. The van der Waals surface area contributed by atoms with Gasteiger partial charge in [-0.15, -0.1) is 13.2 Å². The topological polar surface area (TPSA) is 41.6 Å². The minimum Gasteiger partial charge on any atom is -0.385 e. The molecular weight excluding hydrogens is 219 g/mol. The van der Waals surface area contributed by atoms with Gasteiger partial charge in [-0.25, -0.2) is 5.01 Å². The highest BCUT2D eigenvalue weighted by atomic mass is 19.4. The molecule has 16 heavy (non-hydrogen) atoms. The van der Waals surface area contributed by atoms with Crippen LogP contribution in [0.2, 0.25) is 0 Å². The third-order valence-corrected chi connectivity index (χ3v) is 2.44. The lowest BCUT2D eigenvalue weighted by atomic mass is 9.99. The number of nitrogens with two attached hydrogens (primary N) is 1. The van der Waals surface area contributed by atoms with Gasteiger partial charge in [0.05, 0.1) is 12.5 Å². The van der Waals surface area contributed by atoms with Crippen molar-refractivity contribution < 1.29 is 13.2 Å². The molecule has 1 heterocycles. The van der Waals surface area contributed by atoms with Crippen molar-refractivity contribution in [3.8, 4) is 0 Å². The molecule has 0 saturated heterocycles. The zero-order valence-electron chi connectivity index (χ0n) is 8.28. The van der Waals surface area contributed by atoms with Crippen LogP contribution in [0.15, 0.2) is 35.4 Å². The van der Waals surface area contributed by atoms with Crippen molar-refractivity contribution in [3.63, 3.8) is 0 Å². The molecule has 3 nitrogen and oxygen atoms in total. The summed E-state index contributed by atoms with van der Waals surface area (Å²) in [6, 6.07) is 8.81. The van der Waals surface area contributed by atoms with Gasteiger partial charge >= 0.3 is 6.30 Å². The lowest BCUT2D eigenvalue weighted by Gasteiger charge is -2.18. The fraction of sp³-hybridized carbons (Fsp3) is 0.300. The largest absolute Gasteiger partial charge is 0.500 e. The van der Waals surface area contributed by atoms with Gasteiger partial charge in [-0.05, 0) is 5.56 Å². The van der Waals surface area contributed by atoms with Crippen LogP contribution in [0.1, 0.15) is 11.5 Å². The Labute approximate surface area is 90.3 Å².